The Hall–Kier alpha value is -2.45. The largest absolute Gasteiger partial charge is 0.321 e. The summed E-state index contributed by atoms with van der Waals surface area (Å²) >= 11 is 0. The van der Waals surface area contributed by atoms with Crippen LogP contribution in [0.5, 0.6) is 0 Å². The summed E-state index contributed by atoms with van der Waals surface area (Å²) in [5, 5.41) is 2.46. The van der Waals surface area contributed by atoms with E-state index in [1.165, 1.54) is 12.1 Å². The Labute approximate surface area is 173 Å². The molecule has 8 heteroatoms. The van der Waals surface area contributed by atoms with E-state index in [0.29, 0.717) is 5.69 Å². The third-order valence-corrected chi connectivity index (χ3v) is 7.67. The Morgan fingerprint density at radius 1 is 0.724 bits per heavy atom. The first-order valence-electron chi connectivity index (χ1n) is 9.43. The standard InChI is InChI=1S/C17H15NO5S2.2C2H6/c19-17(18-14-9-5-2-6-10-14)16-15(13-7-3-1-4-8-13)24(20,21)11-12-25(16,22)23;2*1-2/h1-10H,11-12H2,(H,18,19);2*1-2H3. The Kier molecular flexibility index (Phi) is 9.26. The van der Waals surface area contributed by atoms with E-state index in [1.54, 1.807) is 48.5 Å². The van der Waals surface area contributed by atoms with E-state index in [-0.39, 0.29) is 5.56 Å². The summed E-state index contributed by atoms with van der Waals surface area (Å²) in [7, 11) is -7.92. The molecule has 0 aromatic heterocycles. The lowest BCUT2D eigenvalue weighted by atomic mass is 10.2. The molecule has 1 aliphatic heterocycles. The fourth-order valence-corrected chi connectivity index (χ4v) is 7.09. The van der Waals surface area contributed by atoms with Crippen LogP contribution in [-0.2, 0) is 24.5 Å². The molecule has 1 amide bonds. The van der Waals surface area contributed by atoms with Gasteiger partial charge in [0.25, 0.3) is 5.91 Å². The number of carbonyl (C=O) groups is 1. The van der Waals surface area contributed by atoms with E-state index in [9.17, 15) is 21.6 Å². The molecule has 0 saturated heterocycles. The van der Waals surface area contributed by atoms with Crippen molar-refractivity contribution in [2.24, 2.45) is 0 Å². The highest BCUT2D eigenvalue weighted by Gasteiger charge is 2.40. The van der Waals surface area contributed by atoms with E-state index < -0.39 is 46.9 Å². The number of nitrogens with one attached hydrogen (secondary N) is 1. The van der Waals surface area contributed by atoms with Gasteiger partial charge < -0.3 is 5.32 Å². The number of amides is 1. The summed E-state index contributed by atoms with van der Waals surface area (Å²) in [5.74, 6) is -2.10. The molecule has 1 aliphatic rings. The molecule has 1 N–H and O–H groups in total. The molecular weight excluding hydrogens is 410 g/mol. The molecule has 2 aromatic carbocycles. The molecule has 0 radical (unpaired) electrons. The zero-order chi connectivity index (χ0) is 22.1. The number of anilines is 1. The van der Waals surface area contributed by atoms with E-state index in [0.717, 1.165) is 0 Å². The zero-order valence-electron chi connectivity index (χ0n) is 17.0. The summed E-state index contributed by atoms with van der Waals surface area (Å²) in [4.78, 5) is 11.5. The van der Waals surface area contributed by atoms with Crippen molar-refractivity contribution in [1.29, 1.82) is 0 Å². The van der Waals surface area contributed by atoms with Crippen molar-refractivity contribution in [2.75, 3.05) is 16.8 Å². The lowest BCUT2D eigenvalue weighted by Gasteiger charge is -2.20. The van der Waals surface area contributed by atoms with Crippen LogP contribution >= 0.6 is 0 Å². The highest BCUT2D eigenvalue weighted by Crippen LogP contribution is 2.33. The summed E-state index contributed by atoms with van der Waals surface area (Å²) in [5.41, 5.74) is 0.564. The van der Waals surface area contributed by atoms with Crippen molar-refractivity contribution in [3.8, 4) is 0 Å². The Morgan fingerprint density at radius 2 is 1.17 bits per heavy atom. The first-order valence-corrected chi connectivity index (χ1v) is 12.7. The molecule has 158 valence electrons. The van der Waals surface area contributed by atoms with Crippen LogP contribution in [0.4, 0.5) is 5.69 Å². The molecule has 0 aliphatic carbocycles. The normalized spacial score (nSPS) is 16.4. The molecule has 1 heterocycles. The van der Waals surface area contributed by atoms with Gasteiger partial charge in [-0.2, -0.15) is 0 Å². The average Bonchev–Trinajstić information content (AvgIpc) is 2.74. The molecule has 0 unspecified atom stereocenters. The molecule has 0 atom stereocenters. The van der Waals surface area contributed by atoms with Gasteiger partial charge in [0.15, 0.2) is 24.6 Å². The highest BCUT2D eigenvalue weighted by atomic mass is 32.2. The molecule has 0 spiro atoms. The summed E-state index contributed by atoms with van der Waals surface area (Å²) in [6.07, 6.45) is 0. The number of hydrogen-bond acceptors (Lipinski definition) is 5. The number of para-hydroxylation sites is 1. The maximum absolute atomic E-state index is 12.6. The monoisotopic (exact) mass is 437 g/mol. The number of benzene rings is 2. The molecule has 0 saturated carbocycles. The van der Waals surface area contributed by atoms with Crippen LogP contribution in [0.1, 0.15) is 33.3 Å². The van der Waals surface area contributed by atoms with E-state index in [1.807, 2.05) is 27.7 Å². The van der Waals surface area contributed by atoms with Crippen LogP contribution in [0.3, 0.4) is 0 Å². The van der Waals surface area contributed by atoms with Gasteiger partial charge in [0.05, 0.1) is 16.4 Å². The number of sulfone groups is 2. The van der Waals surface area contributed by atoms with E-state index in [4.69, 9.17) is 0 Å². The molecule has 29 heavy (non-hydrogen) atoms. The van der Waals surface area contributed by atoms with E-state index in [2.05, 4.69) is 5.32 Å². The van der Waals surface area contributed by atoms with Gasteiger partial charge in [-0.15, -0.1) is 0 Å². The van der Waals surface area contributed by atoms with Crippen LogP contribution in [0, 0.1) is 0 Å². The number of hydrogen-bond donors (Lipinski definition) is 1. The third-order valence-electron chi connectivity index (χ3n) is 3.72. The first kappa shape index (κ1) is 24.6. The van der Waals surface area contributed by atoms with Gasteiger partial charge in [-0.25, -0.2) is 16.8 Å². The van der Waals surface area contributed by atoms with Crippen LogP contribution < -0.4 is 5.32 Å². The maximum Gasteiger partial charge on any atom is 0.268 e. The fraction of sp³-hybridized carbons (Fsp3) is 0.286. The second kappa shape index (κ2) is 10.9. The predicted octanol–water partition coefficient (Wildman–Crippen LogP) is 3.89. The SMILES string of the molecule is CC.CC.O=C(Nc1ccccc1)C1=C(c2ccccc2)S(=O)(=O)CCS1(=O)=O. The minimum absolute atomic E-state index is 0.184. The maximum atomic E-state index is 12.6. The second-order valence-electron chi connectivity index (χ2n) is 5.48. The lowest BCUT2D eigenvalue weighted by Crippen LogP contribution is -2.33. The minimum Gasteiger partial charge on any atom is -0.321 e. The molecule has 0 fully saturated rings. The number of carbonyl (C=O) groups excluding carboxylic acids is 1. The Bertz CT molecular complexity index is 1040. The van der Waals surface area contributed by atoms with Gasteiger partial charge in [-0.1, -0.05) is 76.2 Å². The van der Waals surface area contributed by atoms with Crippen molar-refractivity contribution in [3.05, 3.63) is 71.1 Å². The van der Waals surface area contributed by atoms with Gasteiger partial charge >= 0.3 is 0 Å². The molecular formula is C21H27NO5S2. The van der Waals surface area contributed by atoms with Crippen LogP contribution in [0.15, 0.2) is 65.6 Å². The molecule has 3 rings (SSSR count). The van der Waals surface area contributed by atoms with E-state index >= 15 is 0 Å². The van der Waals surface area contributed by atoms with Crippen molar-refractivity contribution in [1.82, 2.24) is 0 Å². The molecule has 6 nitrogen and oxygen atoms in total. The third kappa shape index (κ3) is 6.01. The average molecular weight is 438 g/mol. The summed E-state index contributed by atoms with van der Waals surface area (Å²) < 4.78 is 50.1. The summed E-state index contributed by atoms with van der Waals surface area (Å²) in [6, 6.07) is 16.1. The van der Waals surface area contributed by atoms with Crippen molar-refractivity contribution >= 4 is 36.2 Å². The van der Waals surface area contributed by atoms with Crippen molar-refractivity contribution in [3.63, 3.8) is 0 Å². The van der Waals surface area contributed by atoms with Crippen LogP contribution in [-0.4, -0.2) is 34.2 Å². The Morgan fingerprint density at radius 3 is 1.69 bits per heavy atom. The van der Waals surface area contributed by atoms with Crippen LogP contribution in [0.2, 0.25) is 0 Å². The minimum atomic E-state index is -4.02. The predicted molar refractivity (Wildman–Crippen MR) is 119 cm³/mol. The lowest BCUT2D eigenvalue weighted by molar-refractivity contribution is -0.112. The quantitative estimate of drug-likeness (QED) is 0.786. The first-order chi connectivity index (χ1) is 13.8. The fourth-order valence-electron chi connectivity index (χ4n) is 2.56. The van der Waals surface area contributed by atoms with Crippen molar-refractivity contribution < 1.29 is 21.6 Å². The van der Waals surface area contributed by atoms with Gasteiger partial charge in [-0.05, 0) is 17.7 Å². The Balaban J connectivity index is 0.000000989. The zero-order valence-corrected chi connectivity index (χ0v) is 18.7. The highest BCUT2D eigenvalue weighted by molar-refractivity contribution is 8.06. The second-order valence-corrected chi connectivity index (χ2v) is 9.57. The van der Waals surface area contributed by atoms with Gasteiger partial charge in [0, 0.05) is 5.69 Å². The molecule has 2 aromatic rings. The van der Waals surface area contributed by atoms with Gasteiger partial charge in [0.1, 0.15) is 0 Å². The topological polar surface area (TPSA) is 97.4 Å². The smallest absolute Gasteiger partial charge is 0.268 e. The van der Waals surface area contributed by atoms with Gasteiger partial charge in [0.2, 0.25) is 0 Å². The van der Waals surface area contributed by atoms with Crippen LogP contribution in [0.25, 0.3) is 4.91 Å². The van der Waals surface area contributed by atoms with Crippen molar-refractivity contribution in [2.45, 2.75) is 27.7 Å². The number of rotatable bonds is 3. The molecule has 0 bridgehead atoms. The van der Waals surface area contributed by atoms with Gasteiger partial charge in [-0.3, -0.25) is 4.79 Å². The summed E-state index contributed by atoms with van der Waals surface area (Å²) in [6.45, 7) is 8.00.